The molecule has 0 atom stereocenters. The molecule has 0 saturated carbocycles. The number of thioether (sulfide) groups is 1. The molecule has 1 saturated heterocycles. The molecule has 0 unspecified atom stereocenters. The number of aromatic nitrogens is 2. The Morgan fingerprint density at radius 3 is 2.48 bits per heavy atom. The lowest BCUT2D eigenvalue weighted by molar-refractivity contribution is 0.0164. The van der Waals surface area contributed by atoms with Crippen LogP contribution in [0.3, 0.4) is 0 Å². The predicted octanol–water partition coefficient (Wildman–Crippen LogP) is 3.23. The van der Waals surface area contributed by atoms with Crippen molar-refractivity contribution < 1.29 is 19.0 Å². The van der Waals surface area contributed by atoms with E-state index in [0.717, 1.165) is 12.8 Å². The highest BCUT2D eigenvalue weighted by molar-refractivity contribution is 7.98. The lowest BCUT2D eigenvalue weighted by Crippen LogP contribution is -2.42. The number of carbonyl (C=O) groups excluding carboxylic acids is 1. The van der Waals surface area contributed by atoms with Crippen LogP contribution in [-0.2, 0) is 4.74 Å². The van der Waals surface area contributed by atoms with Crippen LogP contribution >= 0.6 is 11.8 Å². The van der Waals surface area contributed by atoms with Crippen LogP contribution in [0.1, 0.15) is 33.6 Å². The van der Waals surface area contributed by atoms with Crippen molar-refractivity contribution in [2.24, 2.45) is 5.92 Å². The first-order valence-electron chi connectivity index (χ1n) is 8.38. The van der Waals surface area contributed by atoms with E-state index in [4.69, 9.17) is 14.2 Å². The average molecular weight is 369 g/mol. The second-order valence-corrected chi connectivity index (χ2v) is 7.73. The molecule has 2 heterocycles. The highest BCUT2D eigenvalue weighted by Gasteiger charge is 2.27. The van der Waals surface area contributed by atoms with Crippen molar-refractivity contribution in [3.63, 3.8) is 0 Å². The molecule has 1 aromatic rings. The zero-order chi connectivity index (χ0) is 18.4. The van der Waals surface area contributed by atoms with Crippen LogP contribution in [0.5, 0.6) is 11.8 Å². The van der Waals surface area contributed by atoms with Gasteiger partial charge in [0.2, 0.25) is 11.8 Å². The van der Waals surface area contributed by atoms with E-state index in [1.165, 1.54) is 11.8 Å². The summed E-state index contributed by atoms with van der Waals surface area (Å²) in [7, 11) is 1.57. The van der Waals surface area contributed by atoms with Crippen molar-refractivity contribution >= 4 is 17.9 Å². The third kappa shape index (κ3) is 6.26. The molecule has 0 spiro atoms. The molecule has 25 heavy (non-hydrogen) atoms. The number of amides is 1. The van der Waals surface area contributed by atoms with E-state index in [0.29, 0.717) is 42.5 Å². The molecule has 0 radical (unpaired) electrons. The maximum absolute atomic E-state index is 12.1. The van der Waals surface area contributed by atoms with Crippen LogP contribution < -0.4 is 9.47 Å². The summed E-state index contributed by atoms with van der Waals surface area (Å²) in [4.78, 5) is 22.4. The average Bonchev–Trinajstić information content (AvgIpc) is 2.58. The Labute approximate surface area is 153 Å². The number of methoxy groups -OCH3 is 1. The Kier molecular flexibility index (Phi) is 6.75. The fraction of sp³-hybridized carbons (Fsp3) is 0.706. The van der Waals surface area contributed by atoms with Gasteiger partial charge < -0.3 is 19.1 Å². The Morgan fingerprint density at radius 2 is 1.92 bits per heavy atom. The largest absolute Gasteiger partial charge is 0.481 e. The van der Waals surface area contributed by atoms with E-state index in [1.807, 2.05) is 27.0 Å². The van der Waals surface area contributed by atoms with Gasteiger partial charge in [-0.3, -0.25) is 0 Å². The first-order valence-corrected chi connectivity index (χ1v) is 9.61. The van der Waals surface area contributed by atoms with Gasteiger partial charge in [0.1, 0.15) is 5.60 Å². The normalized spacial score (nSPS) is 15.8. The SMILES string of the molecule is COc1cc(OCC2CCN(C(=O)OC(C)(C)C)CC2)nc(SC)n1. The van der Waals surface area contributed by atoms with E-state index in [-0.39, 0.29) is 6.09 Å². The molecule has 7 nitrogen and oxygen atoms in total. The molecule has 0 bridgehead atoms. The molecule has 0 aromatic carbocycles. The maximum atomic E-state index is 12.1. The predicted molar refractivity (Wildman–Crippen MR) is 96.4 cm³/mol. The zero-order valence-corrected chi connectivity index (χ0v) is 16.4. The summed E-state index contributed by atoms with van der Waals surface area (Å²) >= 11 is 1.44. The molecular weight excluding hydrogens is 342 g/mol. The molecule has 1 aliphatic rings. The van der Waals surface area contributed by atoms with Crippen LogP contribution in [0, 0.1) is 5.92 Å². The topological polar surface area (TPSA) is 73.8 Å². The van der Waals surface area contributed by atoms with Gasteiger partial charge in [-0.2, -0.15) is 9.97 Å². The van der Waals surface area contributed by atoms with Crippen molar-refractivity contribution in [2.45, 2.75) is 44.4 Å². The Bertz CT molecular complexity index is 561. The molecule has 8 heteroatoms. The van der Waals surface area contributed by atoms with Crippen LogP contribution in [0.4, 0.5) is 4.79 Å². The van der Waals surface area contributed by atoms with Crippen molar-refractivity contribution in [1.82, 2.24) is 14.9 Å². The number of hydrogen-bond acceptors (Lipinski definition) is 7. The third-order valence-corrected chi connectivity index (χ3v) is 4.33. The quantitative estimate of drug-likeness (QED) is 0.583. The van der Waals surface area contributed by atoms with Crippen molar-refractivity contribution in [1.29, 1.82) is 0 Å². The lowest BCUT2D eigenvalue weighted by Gasteiger charge is -2.33. The Morgan fingerprint density at radius 1 is 1.28 bits per heavy atom. The van der Waals surface area contributed by atoms with Gasteiger partial charge in [0, 0.05) is 13.1 Å². The van der Waals surface area contributed by atoms with E-state index in [2.05, 4.69) is 9.97 Å². The van der Waals surface area contributed by atoms with Crippen molar-refractivity contribution in [3.8, 4) is 11.8 Å². The summed E-state index contributed by atoms with van der Waals surface area (Å²) < 4.78 is 16.4. The highest BCUT2D eigenvalue weighted by Crippen LogP contribution is 2.23. The highest BCUT2D eigenvalue weighted by atomic mass is 32.2. The second kappa shape index (κ2) is 8.60. The Hall–Kier alpha value is -1.70. The first-order chi connectivity index (χ1) is 11.8. The number of carbonyl (C=O) groups is 1. The third-order valence-electron chi connectivity index (χ3n) is 3.78. The smallest absolute Gasteiger partial charge is 0.410 e. The van der Waals surface area contributed by atoms with Gasteiger partial charge in [0.05, 0.1) is 19.8 Å². The van der Waals surface area contributed by atoms with Gasteiger partial charge in [0.15, 0.2) is 5.16 Å². The van der Waals surface area contributed by atoms with Gasteiger partial charge >= 0.3 is 6.09 Å². The number of likely N-dealkylation sites (tertiary alicyclic amines) is 1. The van der Waals surface area contributed by atoms with E-state index in [1.54, 1.807) is 18.1 Å². The van der Waals surface area contributed by atoms with Gasteiger partial charge in [-0.25, -0.2) is 4.79 Å². The zero-order valence-electron chi connectivity index (χ0n) is 15.6. The van der Waals surface area contributed by atoms with Crippen LogP contribution in [0.25, 0.3) is 0 Å². The molecular formula is C17H27N3O4S. The molecule has 140 valence electrons. The van der Waals surface area contributed by atoms with Crippen LogP contribution in [-0.4, -0.2) is 59.6 Å². The summed E-state index contributed by atoms with van der Waals surface area (Å²) in [5, 5.41) is 0.620. The number of piperidine rings is 1. The molecule has 0 N–H and O–H groups in total. The minimum absolute atomic E-state index is 0.239. The second-order valence-electron chi connectivity index (χ2n) is 6.96. The molecule has 1 fully saturated rings. The summed E-state index contributed by atoms with van der Waals surface area (Å²) in [5.74, 6) is 1.40. The lowest BCUT2D eigenvalue weighted by atomic mass is 9.98. The minimum Gasteiger partial charge on any atom is -0.481 e. The molecule has 1 aromatic heterocycles. The number of hydrogen-bond donors (Lipinski definition) is 0. The molecule has 0 aliphatic carbocycles. The van der Waals surface area contributed by atoms with Gasteiger partial charge in [0.25, 0.3) is 0 Å². The van der Waals surface area contributed by atoms with Gasteiger partial charge in [-0.1, -0.05) is 11.8 Å². The van der Waals surface area contributed by atoms with Gasteiger partial charge in [-0.05, 0) is 45.8 Å². The fourth-order valence-electron chi connectivity index (χ4n) is 2.47. The molecule has 1 amide bonds. The Balaban J connectivity index is 1.82. The first kappa shape index (κ1) is 19.6. The molecule has 2 rings (SSSR count). The monoisotopic (exact) mass is 369 g/mol. The summed E-state index contributed by atoms with van der Waals surface area (Å²) in [6, 6.07) is 1.69. The van der Waals surface area contributed by atoms with Crippen LogP contribution in [0.15, 0.2) is 11.2 Å². The minimum atomic E-state index is -0.460. The number of ether oxygens (including phenoxy) is 3. The summed E-state index contributed by atoms with van der Waals surface area (Å²) in [6.45, 7) is 7.58. The van der Waals surface area contributed by atoms with Crippen molar-refractivity contribution in [2.75, 3.05) is 33.1 Å². The van der Waals surface area contributed by atoms with Crippen molar-refractivity contribution in [3.05, 3.63) is 6.07 Å². The summed E-state index contributed by atoms with van der Waals surface area (Å²) in [5.41, 5.74) is -0.460. The fourth-order valence-corrected chi connectivity index (χ4v) is 2.83. The van der Waals surface area contributed by atoms with E-state index < -0.39 is 5.60 Å². The van der Waals surface area contributed by atoms with Crippen LogP contribution in [0.2, 0.25) is 0 Å². The van der Waals surface area contributed by atoms with E-state index in [9.17, 15) is 4.79 Å². The standard InChI is InChI=1S/C17H27N3O4S/c1-17(2,3)24-16(21)20-8-6-12(7-9-20)11-23-14-10-13(22-4)18-15(19-14)25-5/h10,12H,6-9,11H2,1-5H3. The molecule has 1 aliphatic heterocycles. The maximum Gasteiger partial charge on any atom is 0.410 e. The van der Waals surface area contributed by atoms with E-state index >= 15 is 0 Å². The summed E-state index contributed by atoms with van der Waals surface area (Å²) in [6.07, 6.45) is 3.44. The van der Waals surface area contributed by atoms with Gasteiger partial charge in [-0.15, -0.1) is 0 Å². The number of rotatable bonds is 5. The number of nitrogens with zero attached hydrogens (tertiary/aromatic N) is 3.